The molecule has 0 aliphatic heterocycles. The number of nitrogens with two attached hydrogens (primary N) is 1. The Kier molecular flexibility index (Phi) is 5.59. The number of rotatable bonds is 6. The molecule has 0 fully saturated rings. The lowest BCUT2D eigenvalue weighted by Gasteiger charge is -2.25. The number of aryl methyl sites for hydroxylation is 1. The van der Waals surface area contributed by atoms with E-state index >= 15 is 0 Å². The van der Waals surface area contributed by atoms with Crippen LogP contribution in [-0.2, 0) is 10.0 Å². The van der Waals surface area contributed by atoms with E-state index in [9.17, 15) is 8.42 Å². The molecule has 0 bridgehead atoms. The highest BCUT2D eigenvalue weighted by Crippen LogP contribution is 2.26. The summed E-state index contributed by atoms with van der Waals surface area (Å²) in [6.45, 7) is 10.6. The summed E-state index contributed by atoms with van der Waals surface area (Å²) in [4.78, 5) is 0.333. The maximum absolute atomic E-state index is 12.8. The average molecular weight is 298 g/mol. The summed E-state index contributed by atoms with van der Waals surface area (Å²) in [6.07, 6.45) is 0.959. The van der Waals surface area contributed by atoms with Crippen molar-refractivity contribution in [2.75, 3.05) is 18.8 Å². The molecule has 0 aliphatic carbocycles. The molecule has 0 aliphatic rings. The van der Waals surface area contributed by atoms with Crippen LogP contribution in [0.5, 0.6) is 0 Å². The van der Waals surface area contributed by atoms with Gasteiger partial charge >= 0.3 is 0 Å². The molecule has 1 unspecified atom stereocenters. The monoisotopic (exact) mass is 298 g/mol. The molecule has 0 aromatic heterocycles. The maximum Gasteiger partial charge on any atom is 0.243 e. The van der Waals surface area contributed by atoms with E-state index in [-0.39, 0.29) is 0 Å². The average Bonchev–Trinajstić information content (AvgIpc) is 2.39. The Morgan fingerprint density at radius 2 is 1.85 bits per heavy atom. The molecule has 1 rings (SSSR count). The van der Waals surface area contributed by atoms with Crippen LogP contribution in [0.3, 0.4) is 0 Å². The van der Waals surface area contributed by atoms with Crippen molar-refractivity contribution in [2.45, 2.75) is 45.9 Å². The van der Waals surface area contributed by atoms with Gasteiger partial charge in [-0.3, -0.25) is 0 Å². The second-order valence-corrected chi connectivity index (χ2v) is 7.35. The molecule has 5 heteroatoms. The van der Waals surface area contributed by atoms with Crippen LogP contribution in [-0.4, -0.2) is 25.8 Å². The second-order valence-electron chi connectivity index (χ2n) is 5.45. The molecular weight excluding hydrogens is 272 g/mol. The molecule has 1 atom stereocenters. The van der Waals surface area contributed by atoms with Gasteiger partial charge in [-0.05, 0) is 43.0 Å². The zero-order chi connectivity index (χ0) is 15.5. The summed E-state index contributed by atoms with van der Waals surface area (Å²) < 4.78 is 27.2. The van der Waals surface area contributed by atoms with Gasteiger partial charge in [0.15, 0.2) is 0 Å². The SMILES string of the molecule is CCC(C)CN(CC)S(=O)(=O)c1cc(C)cc(N)c1C. The zero-order valence-corrected chi connectivity index (χ0v) is 13.9. The van der Waals surface area contributed by atoms with Crippen molar-refractivity contribution in [1.82, 2.24) is 4.31 Å². The Labute approximate surface area is 123 Å². The molecule has 4 nitrogen and oxygen atoms in total. The number of anilines is 1. The number of sulfonamides is 1. The van der Waals surface area contributed by atoms with E-state index in [1.807, 2.05) is 13.8 Å². The summed E-state index contributed by atoms with van der Waals surface area (Å²) in [5.41, 5.74) is 7.94. The molecule has 114 valence electrons. The summed E-state index contributed by atoms with van der Waals surface area (Å²) in [6, 6.07) is 3.51. The topological polar surface area (TPSA) is 63.4 Å². The quantitative estimate of drug-likeness (QED) is 0.821. The smallest absolute Gasteiger partial charge is 0.243 e. The Hall–Kier alpha value is -1.07. The third-order valence-corrected chi connectivity index (χ3v) is 5.79. The van der Waals surface area contributed by atoms with Crippen molar-refractivity contribution < 1.29 is 8.42 Å². The van der Waals surface area contributed by atoms with Crippen LogP contribution in [0.15, 0.2) is 17.0 Å². The van der Waals surface area contributed by atoms with Gasteiger partial charge in [-0.25, -0.2) is 8.42 Å². The molecule has 1 aromatic rings. The molecule has 0 saturated heterocycles. The highest BCUT2D eigenvalue weighted by atomic mass is 32.2. The molecular formula is C15H26N2O2S. The first-order valence-electron chi connectivity index (χ1n) is 7.10. The largest absolute Gasteiger partial charge is 0.398 e. The van der Waals surface area contributed by atoms with Gasteiger partial charge in [0.25, 0.3) is 0 Å². The minimum atomic E-state index is -3.48. The Balaban J connectivity index is 3.27. The Morgan fingerprint density at radius 3 is 2.35 bits per heavy atom. The fourth-order valence-electron chi connectivity index (χ4n) is 2.13. The third kappa shape index (κ3) is 3.52. The molecule has 0 heterocycles. The first kappa shape index (κ1) is 17.0. The predicted molar refractivity (Wildman–Crippen MR) is 84.2 cm³/mol. The molecule has 0 spiro atoms. The van der Waals surface area contributed by atoms with Gasteiger partial charge in [0.2, 0.25) is 10.0 Å². The van der Waals surface area contributed by atoms with Gasteiger partial charge in [0.05, 0.1) is 4.90 Å². The lowest BCUT2D eigenvalue weighted by Crippen LogP contribution is -2.35. The third-order valence-electron chi connectivity index (χ3n) is 3.73. The maximum atomic E-state index is 12.8. The van der Waals surface area contributed by atoms with Gasteiger partial charge in [-0.1, -0.05) is 27.2 Å². The van der Waals surface area contributed by atoms with Gasteiger partial charge in [0, 0.05) is 18.8 Å². The first-order valence-corrected chi connectivity index (χ1v) is 8.54. The summed E-state index contributed by atoms with van der Waals surface area (Å²) in [5.74, 6) is 0.340. The molecule has 2 N–H and O–H groups in total. The molecule has 20 heavy (non-hydrogen) atoms. The van der Waals surface area contributed by atoms with E-state index < -0.39 is 10.0 Å². The van der Waals surface area contributed by atoms with Crippen molar-refractivity contribution >= 4 is 15.7 Å². The molecule has 0 radical (unpaired) electrons. The van der Waals surface area contributed by atoms with E-state index in [0.717, 1.165) is 12.0 Å². The van der Waals surface area contributed by atoms with Crippen LogP contribution in [0.1, 0.15) is 38.3 Å². The Bertz CT molecular complexity index is 567. The number of hydrogen-bond acceptors (Lipinski definition) is 3. The second kappa shape index (κ2) is 6.59. The van der Waals surface area contributed by atoms with Crippen molar-refractivity contribution in [3.63, 3.8) is 0 Å². The van der Waals surface area contributed by atoms with E-state index in [1.165, 1.54) is 0 Å². The highest BCUT2D eigenvalue weighted by Gasteiger charge is 2.26. The van der Waals surface area contributed by atoms with Crippen LogP contribution in [0.2, 0.25) is 0 Å². The van der Waals surface area contributed by atoms with Gasteiger partial charge in [-0.15, -0.1) is 0 Å². The summed E-state index contributed by atoms with van der Waals surface area (Å²) >= 11 is 0. The Morgan fingerprint density at radius 1 is 1.25 bits per heavy atom. The minimum Gasteiger partial charge on any atom is -0.398 e. The number of benzene rings is 1. The highest BCUT2D eigenvalue weighted by molar-refractivity contribution is 7.89. The zero-order valence-electron chi connectivity index (χ0n) is 13.1. The number of hydrogen-bond donors (Lipinski definition) is 1. The lowest BCUT2D eigenvalue weighted by molar-refractivity contribution is 0.361. The fourth-order valence-corrected chi connectivity index (χ4v) is 4.04. The van der Waals surface area contributed by atoms with Crippen LogP contribution >= 0.6 is 0 Å². The van der Waals surface area contributed by atoms with Crippen LogP contribution in [0.4, 0.5) is 5.69 Å². The number of nitrogen functional groups attached to an aromatic ring is 1. The van der Waals surface area contributed by atoms with Gasteiger partial charge in [-0.2, -0.15) is 4.31 Å². The normalized spacial score (nSPS) is 13.7. The van der Waals surface area contributed by atoms with Crippen molar-refractivity contribution in [3.8, 4) is 0 Å². The minimum absolute atomic E-state index is 0.333. The molecule has 0 amide bonds. The van der Waals surface area contributed by atoms with Crippen LogP contribution in [0, 0.1) is 19.8 Å². The van der Waals surface area contributed by atoms with E-state index in [1.54, 1.807) is 23.4 Å². The summed E-state index contributed by atoms with van der Waals surface area (Å²) in [5, 5.41) is 0. The van der Waals surface area contributed by atoms with Crippen molar-refractivity contribution in [1.29, 1.82) is 0 Å². The number of nitrogens with zero attached hydrogens (tertiary/aromatic N) is 1. The summed E-state index contributed by atoms with van der Waals surface area (Å²) in [7, 11) is -3.48. The van der Waals surface area contributed by atoms with E-state index in [4.69, 9.17) is 5.73 Å². The first-order chi connectivity index (χ1) is 9.23. The standard InChI is InChI=1S/C15H26N2O2S/c1-6-11(3)10-17(7-2)20(18,19)15-9-12(4)8-14(16)13(15)5/h8-9,11H,6-7,10,16H2,1-5H3. The van der Waals surface area contributed by atoms with Crippen molar-refractivity contribution in [2.24, 2.45) is 5.92 Å². The van der Waals surface area contributed by atoms with Crippen LogP contribution in [0.25, 0.3) is 0 Å². The lowest BCUT2D eigenvalue weighted by atomic mass is 10.1. The fraction of sp³-hybridized carbons (Fsp3) is 0.600. The van der Waals surface area contributed by atoms with Crippen LogP contribution < -0.4 is 5.73 Å². The molecule has 0 saturated carbocycles. The molecule has 1 aromatic carbocycles. The van der Waals surface area contributed by atoms with E-state index in [0.29, 0.717) is 35.2 Å². The van der Waals surface area contributed by atoms with E-state index in [2.05, 4.69) is 13.8 Å². The predicted octanol–water partition coefficient (Wildman–Crippen LogP) is 2.94. The van der Waals surface area contributed by atoms with Gasteiger partial charge < -0.3 is 5.73 Å². The van der Waals surface area contributed by atoms with Crippen molar-refractivity contribution in [3.05, 3.63) is 23.3 Å². The van der Waals surface area contributed by atoms with Gasteiger partial charge in [0.1, 0.15) is 0 Å².